The molecule has 0 saturated heterocycles. The van der Waals surface area contributed by atoms with Crippen LogP contribution >= 0.6 is 11.8 Å². The summed E-state index contributed by atoms with van der Waals surface area (Å²) in [6, 6.07) is 10.1. The van der Waals surface area contributed by atoms with Gasteiger partial charge >= 0.3 is 11.8 Å². The molecule has 5 nitrogen and oxygen atoms in total. The van der Waals surface area contributed by atoms with E-state index in [4.69, 9.17) is 4.42 Å². The van der Waals surface area contributed by atoms with Crippen molar-refractivity contribution in [2.24, 2.45) is 0 Å². The summed E-state index contributed by atoms with van der Waals surface area (Å²) in [6.07, 6.45) is -0.444. The number of hydrogen-bond donors (Lipinski definition) is 1. The van der Waals surface area contributed by atoms with E-state index in [9.17, 15) is 32.3 Å². The monoisotopic (exact) mass is 529 g/mol. The Hall–Kier alpha value is -3.53. The number of halogens is 4. The Morgan fingerprint density at radius 1 is 1.00 bits per heavy atom. The van der Waals surface area contributed by atoms with Crippen LogP contribution in [0, 0.1) is 5.82 Å². The lowest BCUT2D eigenvalue weighted by atomic mass is 9.68. The van der Waals surface area contributed by atoms with E-state index < -0.39 is 44.8 Å². The average molecular weight is 530 g/mol. The molecule has 2 aromatic carbocycles. The van der Waals surface area contributed by atoms with Crippen molar-refractivity contribution in [2.75, 3.05) is 0 Å². The Bertz CT molecular complexity index is 1700. The second-order valence-corrected chi connectivity index (χ2v) is 10.5. The molecule has 1 N–H and O–H groups in total. The first-order chi connectivity index (χ1) is 17.6. The van der Waals surface area contributed by atoms with Crippen LogP contribution in [0.4, 0.5) is 17.6 Å². The maximum atomic E-state index is 14.3. The van der Waals surface area contributed by atoms with Crippen molar-refractivity contribution in [3.63, 3.8) is 0 Å². The minimum absolute atomic E-state index is 0.0417. The summed E-state index contributed by atoms with van der Waals surface area (Å²) in [4.78, 5) is 26.3. The fourth-order valence-electron chi connectivity index (χ4n) is 5.68. The van der Waals surface area contributed by atoms with Crippen LogP contribution in [0.5, 0.6) is 5.75 Å². The number of nitrogens with zero attached hydrogens (tertiary/aromatic N) is 1. The Labute approximate surface area is 211 Å². The van der Waals surface area contributed by atoms with Gasteiger partial charge in [-0.05, 0) is 54.8 Å². The smallest absolute Gasteiger partial charge is 0.416 e. The zero-order chi connectivity index (χ0) is 26.1. The summed E-state index contributed by atoms with van der Waals surface area (Å²) < 4.78 is 60.6. The van der Waals surface area contributed by atoms with Gasteiger partial charge in [-0.25, -0.2) is 9.18 Å². The van der Waals surface area contributed by atoms with Crippen LogP contribution in [0.25, 0.3) is 16.7 Å². The standard InChI is InChI=1S/C27H19F4NO4S/c28-15-7-8-18-17(12-15)26(9-2-1-3-10-26)20-13-19-21(24(34)32(18)20)22(33)23(25(35)36-19)37-16-6-4-5-14(11-16)27(29,30)31/h4-8,11-13,33H,1-3,9-10H2. The molecule has 3 heterocycles. The third-order valence-electron chi connectivity index (χ3n) is 7.31. The highest BCUT2D eigenvalue weighted by Gasteiger charge is 2.46. The summed E-state index contributed by atoms with van der Waals surface area (Å²) in [5.41, 5.74) is -1.52. The van der Waals surface area contributed by atoms with Gasteiger partial charge in [0, 0.05) is 22.1 Å². The number of rotatable bonds is 2. The molecule has 2 aromatic heterocycles. The summed E-state index contributed by atoms with van der Waals surface area (Å²) in [7, 11) is 0. The van der Waals surface area contributed by atoms with Crippen molar-refractivity contribution in [1.29, 1.82) is 0 Å². The van der Waals surface area contributed by atoms with E-state index >= 15 is 0 Å². The SMILES string of the molecule is O=c1oc2cc3n(c(=O)c2c(O)c1Sc1cccc(C(F)(F)F)c1)-c1ccc(F)cc1C31CCCCC1. The minimum atomic E-state index is -4.59. The van der Waals surface area contributed by atoms with E-state index in [1.165, 1.54) is 34.9 Å². The van der Waals surface area contributed by atoms with Gasteiger partial charge in [-0.2, -0.15) is 13.2 Å². The fraction of sp³-hybridized carbons (Fsp3) is 0.259. The molecule has 0 bridgehead atoms. The van der Waals surface area contributed by atoms with Gasteiger partial charge in [-0.3, -0.25) is 9.36 Å². The van der Waals surface area contributed by atoms with Crippen LogP contribution in [0.1, 0.15) is 48.9 Å². The Morgan fingerprint density at radius 2 is 1.76 bits per heavy atom. The Kier molecular flexibility index (Phi) is 5.31. The highest BCUT2D eigenvalue weighted by atomic mass is 32.2. The quantitative estimate of drug-likeness (QED) is 0.299. The van der Waals surface area contributed by atoms with Gasteiger partial charge in [-0.1, -0.05) is 37.1 Å². The van der Waals surface area contributed by atoms with Crippen molar-refractivity contribution in [3.8, 4) is 11.4 Å². The zero-order valence-electron chi connectivity index (χ0n) is 19.2. The maximum absolute atomic E-state index is 14.3. The van der Waals surface area contributed by atoms with E-state index in [1.54, 1.807) is 6.07 Å². The lowest BCUT2D eigenvalue weighted by molar-refractivity contribution is -0.137. The molecular formula is C27H19F4NO4S. The molecule has 1 fully saturated rings. The van der Waals surface area contributed by atoms with Crippen molar-refractivity contribution >= 4 is 22.7 Å². The van der Waals surface area contributed by atoms with Crippen LogP contribution in [-0.4, -0.2) is 9.67 Å². The van der Waals surface area contributed by atoms with Crippen molar-refractivity contribution in [1.82, 2.24) is 4.57 Å². The summed E-state index contributed by atoms with van der Waals surface area (Å²) >= 11 is 0.583. The molecule has 1 aliphatic heterocycles. The van der Waals surface area contributed by atoms with Gasteiger partial charge in [0.15, 0.2) is 5.75 Å². The maximum Gasteiger partial charge on any atom is 0.416 e. The van der Waals surface area contributed by atoms with Gasteiger partial charge in [-0.15, -0.1) is 0 Å². The van der Waals surface area contributed by atoms with E-state index in [-0.39, 0.29) is 15.9 Å². The van der Waals surface area contributed by atoms with Gasteiger partial charge in [0.25, 0.3) is 5.56 Å². The number of alkyl halides is 3. The summed E-state index contributed by atoms with van der Waals surface area (Å²) in [5.74, 6) is -1.09. The number of aromatic nitrogens is 1. The first kappa shape index (κ1) is 23.8. The van der Waals surface area contributed by atoms with E-state index in [2.05, 4.69) is 0 Å². The van der Waals surface area contributed by atoms with E-state index in [0.29, 0.717) is 41.5 Å². The summed E-state index contributed by atoms with van der Waals surface area (Å²) in [6.45, 7) is 0. The molecule has 0 atom stereocenters. The molecule has 4 aromatic rings. The first-order valence-electron chi connectivity index (χ1n) is 11.7. The van der Waals surface area contributed by atoms with Gasteiger partial charge < -0.3 is 9.52 Å². The van der Waals surface area contributed by atoms with Gasteiger partial charge in [0.05, 0.1) is 11.3 Å². The van der Waals surface area contributed by atoms with Crippen LogP contribution in [0.3, 0.4) is 0 Å². The molecule has 1 spiro atoms. The molecule has 0 unspecified atom stereocenters. The molecule has 1 saturated carbocycles. The third-order valence-corrected chi connectivity index (χ3v) is 8.36. The van der Waals surface area contributed by atoms with Crippen LogP contribution < -0.4 is 11.2 Å². The second kappa shape index (κ2) is 8.24. The molecule has 2 aliphatic rings. The molecule has 37 heavy (non-hydrogen) atoms. The van der Waals surface area contributed by atoms with Crippen LogP contribution in [-0.2, 0) is 11.6 Å². The number of pyridine rings is 1. The van der Waals surface area contributed by atoms with E-state index in [1.807, 2.05) is 0 Å². The lowest BCUT2D eigenvalue weighted by Crippen LogP contribution is -2.31. The first-order valence-corrected chi connectivity index (χ1v) is 12.5. The number of benzene rings is 2. The van der Waals surface area contributed by atoms with E-state index in [0.717, 1.165) is 31.4 Å². The Morgan fingerprint density at radius 3 is 2.49 bits per heavy atom. The Balaban J connectivity index is 1.57. The molecule has 10 heteroatoms. The van der Waals surface area contributed by atoms with Crippen LogP contribution in [0.2, 0.25) is 0 Å². The number of fused-ring (bicyclic) bond motifs is 6. The predicted octanol–water partition coefficient (Wildman–Crippen LogP) is 6.52. The molecule has 6 rings (SSSR count). The molecule has 0 amide bonds. The van der Waals surface area contributed by atoms with Crippen molar-refractivity contribution < 1.29 is 27.1 Å². The largest absolute Gasteiger partial charge is 0.505 e. The summed E-state index contributed by atoms with van der Waals surface area (Å²) in [5, 5.41) is 10.8. The number of aromatic hydroxyl groups is 1. The van der Waals surface area contributed by atoms with Gasteiger partial charge in [0.1, 0.15) is 21.7 Å². The lowest BCUT2D eigenvalue weighted by Gasteiger charge is -2.34. The van der Waals surface area contributed by atoms with Crippen LogP contribution in [0.15, 0.2) is 72.3 Å². The fourth-order valence-corrected chi connectivity index (χ4v) is 6.57. The highest BCUT2D eigenvalue weighted by molar-refractivity contribution is 7.99. The highest BCUT2D eigenvalue weighted by Crippen LogP contribution is 2.52. The average Bonchev–Trinajstić information content (AvgIpc) is 3.10. The topological polar surface area (TPSA) is 72.4 Å². The predicted molar refractivity (Wildman–Crippen MR) is 129 cm³/mol. The van der Waals surface area contributed by atoms with Crippen molar-refractivity contribution in [3.05, 3.63) is 91.9 Å². The zero-order valence-corrected chi connectivity index (χ0v) is 20.0. The molecule has 1 aliphatic carbocycles. The van der Waals surface area contributed by atoms with Gasteiger partial charge in [0.2, 0.25) is 0 Å². The normalized spacial score (nSPS) is 16.2. The molecular weight excluding hydrogens is 510 g/mol. The molecule has 0 radical (unpaired) electrons. The second-order valence-electron chi connectivity index (χ2n) is 9.41. The van der Waals surface area contributed by atoms with Crippen molar-refractivity contribution in [2.45, 2.75) is 53.5 Å². The minimum Gasteiger partial charge on any atom is -0.505 e. The molecule has 190 valence electrons. The third kappa shape index (κ3) is 3.60. The number of hydrogen-bond acceptors (Lipinski definition) is 5.